The third-order valence-electron chi connectivity index (χ3n) is 4.42. The second kappa shape index (κ2) is 6.46. The van der Waals surface area contributed by atoms with Crippen LogP contribution < -0.4 is 0 Å². The predicted octanol–water partition coefficient (Wildman–Crippen LogP) is 1.03. The van der Waals surface area contributed by atoms with Crippen molar-refractivity contribution in [3.8, 4) is 0 Å². The number of hydrogen-bond acceptors (Lipinski definition) is 4. The predicted molar refractivity (Wildman–Crippen MR) is 85.7 cm³/mol. The van der Waals surface area contributed by atoms with Crippen LogP contribution in [0.2, 0.25) is 0 Å². The van der Waals surface area contributed by atoms with E-state index < -0.39 is 5.97 Å². The quantitative estimate of drug-likeness (QED) is 0.903. The lowest BCUT2D eigenvalue weighted by Gasteiger charge is -2.31. The summed E-state index contributed by atoms with van der Waals surface area (Å²) in [7, 11) is 1.82. The number of amides is 1. The van der Waals surface area contributed by atoms with Crippen LogP contribution in [0.25, 0.3) is 0 Å². The third kappa shape index (κ3) is 3.32. The Bertz CT molecular complexity index is 744. The lowest BCUT2D eigenvalue weighted by atomic mass is 9.95. The molecule has 3 rings (SSSR count). The number of nitrogens with zero attached hydrogens (tertiary/aromatic N) is 5. The number of hydrogen-bond donors (Lipinski definition) is 1. The number of aromatic nitrogens is 4. The van der Waals surface area contributed by atoms with Crippen LogP contribution in [-0.2, 0) is 18.4 Å². The van der Waals surface area contributed by atoms with E-state index >= 15 is 0 Å². The molecule has 128 valence electrons. The maximum atomic E-state index is 12.6. The molecule has 24 heavy (non-hydrogen) atoms. The fourth-order valence-corrected chi connectivity index (χ4v) is 3.05. The first-order valence-corrected chi connectivity index (χ1v) is 7.99. The highest BCUT2D eigenvalue weighted by Crippen LogP contribution is 2.26. The average Bonchev–Trinajstić information content (AvgIpc) is 3.13. The summed E-state index contributed by atoms with van der Waals surface area (Å²) >= 11 is 0. The second-order valence-electron chi connectivity index (χ2n) is 6.22. The van der Waals surface area contributed by atoms with Crippen molar-refractivity contribution in [3.63, 3.8) is 0 Å². The molecule has 1 atom stereocenters. The Hall–Kier alpha value is -2.64. The van der Waals surface area contributed by atoms with Crippen LogP contribution in [0.5, 0.6) is 0 Å². The van der Waals surface area contributed by atoms with E-state index in [0.29, 0.717) is 18.8 Å². The van der Waals surface area contributed by atoms with Crippen LogP contribution in [0.4, 0.5) is 0 Å². The van der Waals surface area contributed by atoms with Gasteiger partial charge in [-0.1, -0.05) is 0 Å². The fourth-order valence-electron chi connectivity index (χ4n) is 3.05. The minimum atomic E-state index is -0.921. The average molecular weight is 331 g/mol. The monoisotopic (exact) mass is 331 g/mol. The molecule has 1 unspecified atom stereocenters. The largest absolute Gasteiger partial charge is 0.480 e. The van der Waals surface area contributed by atoms with E-state index in [4.69, 9.17) is 5.11 Å². The molecule has 1 aliphatic heterocycles. The Labute approximate surface area is 139 Å². The SMILES string of the molecule is Cc1cc(C(=O)N2CCCC(c3ccn(CC(=O)O)n3)C2)nn1C. The van der Waals surface area contributed by atoms with Gasteiger partial charge in [-0.05, 0) is 31.9 Å². The van der Waals surface area contributed by atoms with Gasteiger partial charge in [-0.25, -0.2) is 0 Å². The summed E-state index contributed by atoms with van der Waals surface area (Å²) in [6, 6.07) is 3.64. The minimum Gasteiger partial charge on any atom is -0.480 e. The lowest BCUT2D eigenvalue weighted by molar-refractivity contribution is -0.137. The van der Waals surface area contributed by atoms with Gasteiger partial charge in [-0.3, -0.25) is 19.0 Å². The molecule has 2 aromatic rings. The molecule has 0 bridgehead atoms. The summed E-state index contributed by atoms with van der Waals surface area (Å²) < 4.78 is 3.11. The zero-order chi connectivity index (χ0) is 17.3. The van der Waals surface area contributed by atoms with Crippen molar-refractivity contribution in [2.45, 2.75) is 32.2 Å². The number of carboxylic acid groups (broad SMARTS) is 1. The molecule has 0 aromatic carbocycles. The van der Waals surface area contributed by atoms with Gasteiger partial charge in [-0.15, -0.1) is 0 Å². The smallest absolute Gasteiger partial charge is 0.325 e. The molecular formula is C16H21N5O3. The Morgan fingerprint density at radius 3 is 2.83 bits per heavy atom. The molecule has 8 heteroatoms. The summed E-state index contributed by atoms with van der Waals surface area (Å²) in [5.41, 5.74) is 2.25. The molecule has 0 spiro atoms. The van der Waals surface area contributed by atoms with Crippen LogP contribution >= 0.6 is 0 Å². The highest BCUT2D eigenvalue weighted by Gasteiger charge is 2.28. The summed E-state index contributed by atoms with van der Waals surface area (Å²) in [6.07, 6.45) is 3.51. The number of carbonyl (C=O) groups is 2. The Morgan fingerprint density at radius 2 is 2.17 bits per heavy atom. The maximum Gasteiger partial charge on any atom is 0.325 e. The van der Waals surface area contributed by atoms with E-state index in [1.165, 1.54) is 4.68 Å². The van der Waals surface area contributed by atoms with Crippen molar-refractivity contribution >= 4 is 11.9 Å². The lowest BCUT2D eigenvalue weighted by Crippen LogP contribution is -2.39. The van der Waals surface area contributed by atoms with Gasteiger partial charge in [0.15, 0.2) is 5.69 Å². The molecule has 1 N–H and O–H groups in total. The number of rotatable bonds is 4. The zero-order valence-corrected chi connectivity index (χ0v) is 13.8. The molecule has 1 aliphatic rings. The van der Waals surface area contributed by atoms with Crippen molar-refractivity contribution in [3.05, 3.63) is 35.4 Å². The minimum absolute atomic E-state index is 0.0617. The van der Waals surface area contributed by atoms with Gasteiger partial charge in [0.1, 0.15) is 6.54 Å². The number of carbonyl (C=O) groups excluding carboxylic acids is 1. The normalized spacial score (nSPS) is 17.9. The summed E-state index contributed by atoms with van der Waals surface area (Å²) in [6.45, 7) is 3.06. The Balaban J connectivity index is 1.70. The molecule has 0 radical (unpaired) electrons. The highest BCUT2D eigenvalue weighted by molar-refractivity contribution is 5.92. The molecule has 3 heterocycles. The van der Waals surface area contributed by atoms with Crippen molar-refractivity contribution < 1.29 is 14.7 Å². The van der Waals surface area contributed by atoms with Crippen LogP contribution in [0, 0.1) is 6.92 Å². The number of aliphatic carboxylic acids is 1. The van der Waals surface area contributed by atoms with E-state index in [1.54, 1.807) is 16.9 Å². The van der Waals surface area contributed by atoms with Gasteiger partial charge in [0.25, 0.3) is 5.91 Å². The molecule has 2 aromatic heterocycles. The molecule has 0 saturated carbocycles. The van der Waals surface area contributed by atoms with Gasteiger partial charge in [0.05, 0.1) is 5.69 Å². The summed E-state index contributed by atoms with van der Waals surface area (Å²) in [4.78, 5) is 25.2. The topological polar surface area (TPSA) is 93.2 Å². The highest BCUT2D eigenvalue weighted by atomic mass is 16.4. The van der Waals surface area contributed by atoms with Crippen molar-refractivity contribution in [1.29, 1.82) is 0 Å². The molecule has 0 aliphatic carbocycles. The van der Waals surface area contributed by atoms with Crippen LogP contribution in [0.1, 0.15) is 40.6 Å². The van der Waals surface area contributed by atoms with E-state index in [-0.39, 0.29) is 18.4 Å². The first kappa shape index (κ1) is 16.2. The van der Waals surface area contributed by atoms with Gasteiger partial charge < -0.3 is 10.0 Å². The maximum absolute atomic E-state index is 12.6. The molecular weight excluding hydrogens is 310 g/mol. The number of likely N-dealkylation sites (tertiary alicyclic amines) is 1. The summed E-state index contributed by atoms with van der Waals surface area (Å²) in [5, 5.41) is 17.4. The van der Waals surface area contributed by atoms with Crippen molar-refractivity contribution in [1.82, 2.24) is 24.5 Å². The third-order valence-corrected chi connectivity index (χ3v) is 4.42. The molecule has 1 saturated heterocycles. The van der Waals surface area contributed by atoms with Crippen LogP contribution in [0.3, 0.4) is 0 Å². The number of piperidine rings is 1. The van der Waals surface area contributed by atoms with Crippen LogP contribution in [0.15, 0.2) is 18.3 Å². The number of aryl methyl sites for hydroxylation is 2. The molecule has 1 amide bonds. The fraction of sp³-hybridized carbons (Fsp3) is 0.500. The van der Waals surface area contributed by atoms with Gasteiger partial charge in [-0.2, -0.15) is 10.2 Å². The van der Waals surface area contributed by atoms with Gasteiger partial charge in [0, 0.05) is 37.9 Å². The van der Waals surface area contributed by atoms with E-state index in [9.17, 15) is 9.59 Å². The van der Waals surface area contributed by atoms with E-state index in [2.05, 4.69) is 10.2 Å². The van der Waals surface area contributed by atoms with Crippen molar-refractivity contribution in [2.75, 3.05) is 13.1 Å². The van der Waals surface area contributed by atoms with E-state index in [0.717, 1.165) is 24.2 Å². The van der Waals surface area contributed by atoms with Crippen molar-refractivity contribution in [2.24, 2.45) is 7.05 Å². The zero-order valence-electron chi connectivity index (χ0n) is 13.8. The Kier molecular flexibility index (Phi) is 4.37. The molecule has 8 nitrogen and oxygen atoms in total. The van der Waals surface area contributed by atoms with Crippen LogP contribution in [-0.4, -0.2) is 54.5 Å². The first-order valence-electron chi connectivity index (χ1n) is 7.99. The van der Waals surface area contributed by atoms with Gasteiger partial charge in [0.2, 0.25) is 0 Å². The second-order valence-corrected chi connectivity index (χ2v) is 6.22. The Morgan fingerprint density at radius 1 is 1.38 bits per heavy atom. The van der Waals surface area contributed by atoms with E-state index in [1.807, 2.05) is 24.9 Å². The van der Waals surface area contributed by atoms with Gasteiger partial charge >= 0.3 is 5.97 Å². The number of carboxylic acids is 1. The first-order chi connectivity index (χ1) is 11.4. The summed E-state index contributed by atoms with van der Waals surface area (Å²) in [5.74, 6) is -0.855. The molecule has 1 fully saturated rings. The standard InChI is InChI=1S/C16H21N5O3/c1-11-8-14(17-19(11)2)16(24)20-6-3-4-12(9-20)13-5-7-21(18-13)10-15(22)23/h5,7-8,12H,3-4,6,9-10H2,1-2H3,(H,22,23).